The molecule has 1 rings (SSSR count). The fourth-order valence-electron chi connectivity index (χ4n) is 1.36. The number of nitrogen functional groups attached to an aromatic ring is 1. The van der Waals surface area contributed by atoms with E-state index in [1.165, 1.54) is 24.1 Å². The monoisotopic (exact) mass is 324 g/mol. The summed E-state index contributed by atoms with van der Waals surface area (Å²) in [4.78, 5) is 13.3. The largest absolute Gasteiger partial charge is 0.397 e. The lowest BCUT2D eigenvalue weighted by molar-refractivity contribution is 0.0803. The number of hydrogen-bond acceptors (Lipinski definition) is 4. The molecule has 0 unspecified atom stereocenters. The average molecular weight is 325 g/mol. The third kappa shape index (κ3) is 4.56. The van der Waals surface area contributed by atoms with E-state index in [4.69, 9.17) is 28.9 Å². The van der Waals surface area contributed by atoms with Gasteiger partial charge in [0.15, 0.2) is 0 Å². The Balaban J connectivity index is 2.89. The van der Waals surface area contributed by atoms with Crippen LogP contribution in [0.25, 0.3) is 0 Å². The SMILES string of the molecule is CN(CCS(C)(=O)=O)C(=O)c1cc(N)c(Cl)c(Cl)c1. The van der Waals surface area contributed by atoms with Crippen molar-refractivity contribution >= 4 is 44.6 Å². The third-order valence-electron chi connectivity index (χ3n) is 2.45. The zero-order chi connectivity index (χ0) is 14.8. The molecule has 0 aromatic heterocycles. The quantitative estimate of drug-likeness (QED) is 0.854. The first-order valence-electron chi connectivity index (χ1n) is 5.29. The summed E-state index contributed by atoms with van der Waals surface area (Å²) >= 11 is 11.6. The number of carbonyl (C=O) groups is 1. The van der Waals surface area contributed by atoms with Crippen molar-refractivity contribution < 1.29 is 13.2 Å². The van der Waals surface area contributed by atoms with Gasteiger partial charge in [-0.25, -0.2) is 8.42 Å². The molecule has 1 amide bonds. The number of nitrogens with zero attached hydrogens (tertiary/aromatic N) is 1. The fraction of sp³-hybridized carbons (Fsp3) is 0.364. The van der Waals surface area contributed by atoms with Gasteiger partial charge in [-0.1, -0.05) is 23.2 Å². The van der Waals surface area contributed by atoms with Crippen LogP contribution in [0, 0.1) is 0 Å². The van der Waals surface area contributed by atoms with Crippen LogP contribution in [0.3, 0.4) is 0 Å². The van der Waals surface area contributed by atoms with E-state index in [1.807, 2.05) is 0 Å². The second kappa shape index (κ2) is 5.98. The van der Waals surface area contributed by atoms with Gasteiger partial charge in [0.05, 0.1) is 21.5 Å². The van der Waals surface area contributed by atoms with E-state index in [1.54, 1.807) is 0 Å². The molecule has 1 aromatic carbocycles. The van der Waals surface area contributed by atoms with Gasteiger partial charge in [-0.2, -0.15) is 0 Å². The van der Waals surface area contributed by atoms with Crippen molar-refractivity contribution in [3.05, 3.63) is 27.7 Å². The number of rotatable bonds is 4. The minimum absolute atomic E-state index is 0.0951. The van der Waals surface area contributed by atoms with Crippen molar-refractivity contribution in [3.8, 4) is 0 Å². The van der Waals surface area contributed by atoms with Gasteiger partial charge >= 0.3 is 0 Å². The highest BCUT2D eigenvalue weighted by Crippen LogP contribution is 2.29. The Morgan fingerprint density at radius 1 is 1.37 bits per heavy atom. The number of amides is 1. The number of sulfone groups is 1. The summed E-state index contributed by atoms with van der Waals surface area (Å²) in [7, 11) is -1.62. The lowest BCUT2D eigenvalue weighted by Gasteiger charge is -2.17. The number of halogens is 2. The molecule has 106 valence electrons. The maximum absolute atomic E-state index is 12.1. The second-order valence-corrected chi connectivity index (χ2v) is 7.26. The van der Waals surface area contributed by atoms with Gasteiger partial charge in [0.25, 0.3) is 5.91 Å². The zero-order valence-corrected chi connectivity index (χ0v) is 12.8. The molecule has 0 fully saturated rings. The molecule has 0 radical (unpaired) electrons. The van der Waals surface area contributed by atoms with Crippen molar-refractivity contribution in [2.75, 3.05) is 31.3 Å². The summed E-state index contributed by atoms with van der Waals surface area (Å²) in [5, 5.41) is 0.374. The number of hydrogen-bond donors (Lipinski definition) is 1. The van der Waals surface area contributed by atoms with Gasteiger partial charge in [-0.05, 0) is 12.1 Å². The topological polar surface area (TPSA) is 80.5 Å². The standard InChI is InChI=1S/C11H14Cl2N2O3S/c1-15(3-4-19(2,17)18)11(16)7-5-8(12)10(13)9(14)6-7/h5-6H,3-4,14H2,1-2H3. The summed E-state index contributed by atoms with van der Waals surface area (Å²) in [5.41, 5.74) is 6.09. The highest BCUT2D eigenvalue weighted by molar-refractivity contribution is 7.90. The maximum Gasteiger partial charge on any atom is 0.253 e. The molecule has 19 heavy (non-hydrogen) atoms. The summed E-state index contributed by atoms with van der Waals surface area (Å²) in [6, 6.07) is 2.81. The molecule has 0 aliphatic rings. The van der Waals surface area contributed by atoms with Gasteiger partial charge in [-0.15, -0.1) is 0 Å². The van der Waals surface area contributed by atoms with Gasteiger partial charge in [-0.3, -0.25) is 4.79 Å². The molecule has 0 bridgehead atoms. The summed E-state index contributed by atoms with van der Waals surface area (Å²) in [6.45, 7) is 0.0951. The summed E-state index contributed by atoms with van der Waals surface area (Å²) < 4.78 is 22.1. The average Bonchev–Trinajstić information content (AvgIpc) is 2.30. The Labute approximate surface area is 122 Å². The van der Waals surface area contributed by atoms with Crippen LogP contribution >= 0.6 is 23.2 Å². The molecular formula is C11H14Cl2N2O3S. The van der Waals surface area contributed by atoms with Gasteiger partial charge in [0, 0.05) is 25.4 Å². The van der Waals surface area contributed by atoms with Gasteiger partial charge < -0.3 is 10.6 Å². The van der Waals surface area contributed by atoms with E-state index in [2.05, 4.69) is 0 Å². The molecule has 0 atom stereocenters. The summed E-state index contributed by atoms with van der Waals surface area (Å²) in [5.74, 6) is -0.472. The molecule has 0 heterocycles. The van der Waals surface area contributed by atoms with Crippen molar-refractivity contribution in [2.45, 2.75) is 0 Å². The summed E-state index contributed by atoms with van der Waals surface area (Å²) in [6.07, 6.45) is 1.11. The number of nitrogens with two attached hydrogens (primary N) is 1. The van der Waals surface area contributed by atoms with Crippen LogP contribution in [-0.4, -0.2) is 44.8 Å². The van der Waals surface area contributed by atoms with E-state index in [9.17, 15) is 13.2 Å². The van der Waals surface area contributed by atoms with Crippen LogP contribution in [0.4, 0.5) is 5.69 Å². The molecule has 0 saturated heterocycles. The highest BCUT2D eigenvalue weighted by Gasteiger charge is 2.16. The number of benzene rings is 1. The Hall–Kier alpha value is -0.980. The number of anilines is 1. The molecule has 0 spiro atoms. The molecule has 0 aliphatic carbocycles. The molecule has 0 saturated carbocycles. The molecular weight excluding hydrogens is 311 g/mol. The lowest BCUT2D eigenvalue weighted by atomic mass is 10.2. The van der Waals surface area contributed by atoms with E-state index in [0.29, 0.717) is 0 Å². The van der Waals surface area contributed by atoms with Crippen LogP contribution in [0.15, 0.2) is 12.1 Å². The Kier molecular flexibility index (Phi) is 5.06. The van der Waals surface area contributed by atoms with Gasteiger partial charge in [0.1, 0.15) is 9.84 Å². The van der Waals surface area contributed by atoms with Crippen molar-refractivity contribution in [3.63, 3.8) is 0 Å². The highest BCUT2D eigenvalue weighted by atomic mass is 35.5. The predicted molar refractivity (Wildman–Crippen MR) is 77.5 cm³/mol. The molecule has 5 nitrogen and oxygen atoms in total. The van der Waals surface area contributed by atoms with E-state index in [0.717, 1.165) is 6.26 Å². The Bertz CT molecular complexity index is 579. The minimum atomic E-state index is -3.12. The van der Waals surface area contributed by atoms with Gasteiger partial charge in [0.2, 0.25) is 0 Å². The van der Waals surface area contributed by atoms with E-state index in [-0.39, 0.29) is 39.5 Å². The Morgan fingerprint density at radius 2 is 1.95 bits per heavy atom. The van der Waals surface area contributed by atoms with Crippen molar-refractivity contribution in [2.24, 2.45) is 0 Å². The molecule has 1 aromatic rings. The predicted octanol–water partition coefficient (Wildman–Crippen LogP) is 1.69. The number of carbonyl (C=O) groups excluding carboxylic acids is 1. The van der Waals surface area contributed by atoms with Crippen LogP contribution in [0.5, 0.6) is 0 Å². The maximum atomic E-state index is 12.1. The first-order chi connectivity index (χ1) is 8.61. The lowest BCUT2D eigenvalue weighted by Crippen LogP contribution is -2.31. The second-order valence-electron chi connectivity index (χ2n) is 4.22. The first-order valence-corrected chi connectivity index (χ1v) is 8.11. The third-order valence-corrected chi connectivity index (χ3v) is 4.19. The normalized spacial score (nSPS) is 11.4. The van der Waals surface area contributed by atoms with Crippen LogP contribution in [0.2, 0.25) is 10.0 Å². The van der Waals surface area contributed by atoms with Crippen LogP contribution in [0.1, 0.15) is 10.4 Å². The Morgan fingerprint density at radius 3 is 2.42 bits per heavy atom. The molecule has 0 aliphatic heterocycles. The molecule has 8 heteroatoms. The van der Waals surface area contributed by atoms with Crippen molar-refractivity contribution in [1.82, 2.24) is 4.90 Å². The van der Waals surface area contributed by atoms with Crippen LogP contribution < -0.4 is 5.73 Å². The zero-order valence-electron chi connectivity index (χ0n) is 10.5. The first kappa shape index (κ1) is 16.1. The van der Waals surface area contributed by atoms with E-state index < -0.39 is 9.84 Å². The molecule has 2 N–H and O–H groups in total. The van der Waals surface area contributed by atoms with Crippen LogP contribution in [-0.2, 0) is 9.84 Å². The van der Waals surface area contributed by atoms with E-state index >= 15 is 0 Å². The fourth-order valence-corrected chi connectivity index (χ4v) is 2.30. The smallest absolute Gasteiger partial charge is 0.253 e. The minimum Gasteiger partial charge on any atom is -0.397 e. The van der Waals surface area contributed by atoms with Crippen molar-refractivity contribution in [1.29, 1.82) is 0 Å².